The zero-order valence-corrected chi connectivity index (χ0v) is 7.67. The summed E-state index contributed by atoms with van der Waals surface area (Å²) in [6.45, 7) is 0.0169. The van der Waals surface area contributed by atoms with Crippen molar-refractivity contribution in [2.24, 2.45) is 0 Å². The molecule has 0 aliphatic heterocycles. The van der Waals surface area contributed by atoms with E-state index in [0.717, 1.165) is 0 Å². The number of amides is 1. The Morgan fingerprint density at radius 2 is 2.00 bits per heavy atom. The van der Waals surface area contributed by atoms with E-state index >= 15 is 0 Å². The molecule has 1 rings (SSSR count). The maximum atomic E-state index is 11.3. The van der Waals surface area contributed by atoms with Crippen molar-refractivity contribution in [2.75, 3.05) is 6.54 Å². The number of nitrogens with one attached hydrogen (secondary N) is 1. The summed E-state index contributed by atoms with van der Waals surface area (Å²) in [6, 6.07) is 8.75. The van der Waals surface area contributed by atoms with Crippen LogP contribution in [0.5, 0.6) is 0 Å². The summed E-state index contributed by atoms with van der Waals surface area (Å²) in [5, 5.41) is 10.9. The molecule has 3 nitrogen and oxygen atoms in total. The molecule has 0 aromatic heterocycles. The molecular weight excluding hydrogens is 186 g/mol. The van der Waals surface area contributed by atoms with Crippen molar-refractivity contribution in [1.29, 1.82) is 0 Å². The van der Waals surface area contributed by atoms with Crippen LogP contribution in [0, 0.1) is 0 Å². The molecule has 1 aromatic rings. The maximum absolute atomic E-state index is 11.3. The average Bonchev–Trinajstić information content (AvgIpc) is 2.15. The van der Waals surface area contributed by atoms with Gasteiger partial charge in [-0.2, -0.15) is 0 Å². The lowest BCUT2D eigenvalue weighted by molar-refractivity contribution is 0.0958. The van der Waals surface area contributed by atoms with Crippen LogP contribution in [-0.4, -0.2) is 22.6 Å². The van der Waals surface area contributed by atoms with E-state index in [1.807, 2.05) is 6.07 Å². The van der Waals surface area contributed by atoms with Gasteiger partial charge in [0, 0.05) is 5.56 Å². The van der Waals surface area contributed by atoms with Crippen LogP contribution in [0.4, 0.5) is 0 Å². The second-order valence-corrected chi connectivity index (χ2v) is 2.91. The van der Waals surface area contributed by atoms with Crippen LogP contribution >= 0.6 is 12.2 Å². The van der Waals surface area contributed by atoms with Gasteiger partial charge in [-0.25, -0.2) is 0 Å². The van der Waals surface area contributed by atoms with E-state index in [9.17, 15) is 4.79 Å². The van der Waals surface area contributed by atoms with E-state index in [0.29, 0.717) is 5.56 Å². The van der Waals surface area contributed by atoms with Crippen LogP contribution in [0.1, 0.15) is 10.4 Å². The lowest BCUT2D eigenvalue weighted by atomic mass is 10.2. The number of hydrogen-bond acceptors (Lipinski definition) is 2. The molecule has 0 fully saturated rings. The second kappa shape index (κ2) is 4.57. The highest BCUT2D eigenvalue weighted by Gasteiger charge is 2.03. The van der Waals surface area contributed by atoms with Gasteiger partial charge in [-0.05, 0) is 24.4 Å². The van der Waals surface area contributed by atoms with Gasteiger partial charge in [0.2, 0.25) is 0 Å². The van der Waals surface area contributed by atoms with Gasteiger partial charge >= 0.3 is 0 Å². The van der Waals surface area contributed by atoms with E-state index in [1.165, 1.54) is 0 Å². The third-order valence-corrected chi connectivity index (χ3v) is 1.58. The first-order valence-electron chi connectivity index (χ1n) is 3.75. The Kier molecular flexibility index (Phi) is 3.40. The van der Waals surface area contributed by atoms with Crippen molar-refractivity contribution in [3.8, 4) is 0 Å². The number of carbonyl (C=O) groups is 1. The summed E-state index contributed by atoms with van der Waals surface area (Å²) in [6.07, 6.45) is 0. The minimum atomic E-state index is -0.239. The van der Waals surface area contributed by atoms with Gasteiger partial charge in [-0.3, -0.25) is 4.79 Å². The van der Waals surface area contributed by atoms with Gasteiger partial charge in [0.05, 0.1) is 6.54 Å². The number of hydrogen-bond donors (Lipinski definition) is 2. The molecule has 0 heterocycles. The first-order valence-corrected chi connectivity index (χ1v) is 4.16. The smallest absolute Gasteiger partial charge is 0.251 e. The van der Waals surface area contributed by atoms with Crippen molar-refractivity contribution >= 4 is 23.2 Å². The van der Waals surface area contributed by atoms with Crippen molar-refractivity contribution < 1.29 is 9.90 Å². The second-order valence-electron chi connectivity index (χ2n) is 2.44. The van der Waals surface area contributed by atoms with E-state index < -0.39 is 0 Å². The molecular formula is C9H9NO2S. The highest BCUT2D eigenvalue weighted by Crippen LogP contribution is 1.97. The Hall–Kier alpha value is -1.42. The van der Waals surface area contributed by atoms with Gasteiger partial charge in [0.15, 0.2) is 5.05 Å². The largest absolute Gasteiger partial charge is 0.501 e. The fraction of sp³-hybridized carbons (Fsp3) is 0.111. The lowest BCUT2D eigenvalue weighted by Gasteiger charge is -2.01. The molecule has 0 radical (unpaired) electrons. The summed E-state index contributed by atoms with van der Waals surface area (Å²) in [7, 11) is 0. The standard InChI is InChI=1S/C9H9NO2S/c11-8(13)6-10-9(12)7-4-2-1-3-5-7/h1-5H,6H2,(H,10,12)(H,11,13). The number of aliphatic hydroxyl groups is 1. The van der Waals surface area contributed by atoms with Crippen molar-refractivity contribution in [3.63, 3.8) is 0 Å². The number of aliphatic hydroxyl groups excluding tert-OH is 1. The summed E-state index contributed by atoms with van der Waals surface area (Å²) in [5.74, 6) is -0.239. The van der Waals surface area contributed by atoms with Crippen LogP contribution in [0.3, 0.4) is 0 Å². The molecule has 2 N–H and O–H groups in total. The number of thiocarbonyl (C=S) groups is 1. The fourth-order valence-corrected chi connectivity index (χ4v) is 0.920. The van der Waals surface area contributed by atoms with Gasteiger partial charge in [0.25, 0.3) is 5.91 Å². The third-order valence-electron chi connectivity index (χ3n) is 1.44. The Balaban J connectivity index is 2.54. The quantitative estimate of drug-likeness (QED) is 0.715. The van der Waals surface area contributed by atoms with Crippen LogP contribution in [0.2, 0.25) is 0 Å². The molecule has 0 saturated heterocycles. The molecule has 0 atom stereocenters. The van der Waals surface area contributed by atoms with E-state index in [4.69, 9.17) is 5.11 Å². The van der Waals surface area contributed by atoms with Crippen molar-refractivity contribution in [2.45, 2.75) is 0 Å². The molecule has 0 saturated carbocycles. The molecule has 0 aliphatic carbocycles. The number of benzene rings is 1. The molecule has 13 heavy (non-hydrogen) atoms. The third kappa shape index (κ3) is 3.21. The number of rotatable bonds is 3. The molecule has 0 bridgehead atoms. The highest BCUT2D eigenvalue weighted by molar-refractivity contribution is 7.80. The predicted molar refractivity (Wildman–Crippen MR) is 54.0 cm³/mol. The van der Waals surface area contributed by atoms with Crippen LogP contribution in [-0.2, 0) is 0 Å². The SMILES string of the molecule is O=C(NCC(O)=S)c1ccccc1. The monoisotopic (exact) mass is 195 g/mol. The maximum Gasteiger partial charge on any atom is 0.251 e. The predicted octanol–water partition coefficient (Wildman–Crippen LogP) is 1.30. The number of carbonyl (C=O) groups excluding carboxylic acids is 1. The molecule has 1 amide bonds. The Morgan fingerprint density at radius 3 is 2.54 bits per heavy atom. The van der Waals surface area contributed by atoms with Crippen molar-refractivity contribution in [1.82, 2.24) is 5.32 Å². The van der Waals surface area contributed by atoms with Gasteiger partial charge in [0.1, 0.15) is 0 Å². The van der Waals surface area contributed by atoms with Gasteiger partial charge in [-0.15, -0.1) is 0 Å². The van der Waals surface area contributed by atoms with Crippen LogP contribution in [0.15, 0.2) is 30.3 Å². The zero-order chi connectivity index (χ0) is 9.68. The molecule has 0 unspecified atom stereocenters. The minimum Gasteiger partial charge on any atom is -0.501 e. The first kappa shape index (κ1) is 9.67. The summed E-state index contributed by atoms with van der Waals surface area (Å²) < 4.78 is 0. The van der Waals surface area contributed by atoms with Crippen molar-refractivity contribution in [3.05, 3.63) is 35.9 Å². The van der Waals surface area contributed by atoms with E-state index in [-0.39, 0.29) is 17.5 Å². The molecule has 0 aliphatic rings. The van der Waals surface area contributed by atoms with E-state index in [2.05, 4.69) is 17.5 Å². The topological polar surface area (TPSA) is 49.3 Å². The lowest BCUT2D eigenvalue weighted by Crippen LogP contribution is -2.28. The van der Waals surface area contributed by atoms with E-state index in [1.54, 1.807) is 24.3 Å². The Morgan fingerprint density at radius 1 is 1.38 bits per heavy atom. The minimum absolute atomic E-state index is 0.0169. The fourth-order valence-electron chi connectivity index (χ4n) is 0.847. The summed E-state index contributed by atoms with van der Waals surface area (Å²) >= 11 is 4.40. The summed E-state index contributed by atoms with van der Waals surface area (Å²) in [4.78, 5) is 11.3. The Bertz CT molecular complexity index is 311. The van der Waals surface area contributed by atoms with Gasteiger partial charge < -0.3 is 10.4 Å². The van der Waals surface area contributed by atoms with Crippen LogP contribution in [0.25, 0.3) is 0 Å². The molecule has 68 valence electrons. The molecule has 0 spiro atoms. The van der Waals surface area contributed by atoms with Crippen LogP contribution < -0.4 is 5.32 Å². The highest BCUT2D eigenvalue weighted by atomic mass is 32.1. The average molecular weight is 195 g/mol. The summed E-state index contributed by atoms with van der Waals surface area (Å²) in [5.41, 5.74) is 0.554. The molecule has 4 heteroatoms. The Labute approximate surface area is 81.4 Å². The normalized spacial score (nSPS) is 9.23. The zero-order valence-electron chi connectivity index (χ0n) is 6.86. The van der Waals surface area contributed by atoms with Gasteiger partial charge in [-0.1, -0.05) is 18.2 Å². The molecule has 1 aromatic carbocycles. The first-order chi connectivity index (χ1) is 6.20.